The van der Waals surface area contributed by atoms with Crippen molar-refractivity contribution in [1.82, 2.24) is 0 Å². The van der Waals surface area contributed by atoms with E-state index < -0.39 is 17.0 Å². The molecule has 0 unspecified atom stereocenters. The molecule has 0 bridgehead atoms. The van der Waals surface area contributed by atoms with Gasteiger partial charge in [0.05, 0.1) is 31.5 Å². The quantitative estimate of drug-likeness (QED) is 0.562. The van der Waals surface area contributed by atoms with Crippen molar-refractivity contribution >= 4 is 23.4 Å². The van der Waals surface area contributed by atoms with Gasteiger partial charge in [-0.2, -0.15) is 11.8 Å². The first kappa shape index (κ1) is 23.4. The number of ether oxygens (including phenoxy) is 3. The predicted octanol–water partition coefficient (Wildman–Crippen LogP) is 4.75. The van der Waals surface area contributed by atoms with Gasteiger partial charge >= 0.3 is 0 Å². The fraction of sp³-hybridized carbons (Fsp3) is 0.520. The molecule has 2 N–H and O–H groups in total. The highest BCUT2D eigenvalue weighted by Crippen LogP contribution is 2.52. The Morgan fingerprint density at radius 1 is 1.09 bits per heavy atom. The van der Waals surface area contributed by atoms with Gasteiger partial charge in [0.25, 0.3) is 0 Å². The fourth-order valence-corrected chi connectivity index (χ4v) is 6.66. The number of fused-ring (bicyclic) bond motifs is 3. The number of thioether (sulfide) groups is 1. The van der Waals surface area contributed by atoms with Crippen LogP contribution in [0.3, 0.4) is 0 Å². The van der Waals surface area contributed by atoms with Gasteiger partial charge in [0.15, 0.2) is 11.6 Å². The average molecular weight is 496 g/mol. The van der Waals surface area contributed by atoms with E-state index in [9.17, 15) is 4.39 Å². The molecule has 3 atom stereocenters. The summed E-state index contributed by atoms with van der Waals surface area (Å²) in [6.07, 6.45) is 1.86. The molecule has 0 aliphatic carbocycles. The van der Waals surface area contributed by atoms with Gasteiger partial charge in [-0.15, -0.1) is 0 Å². The summed E-state index contributed by atoms with van der Waals surface area (Å²) >= 11 is 7.88. The predicted molar refractivity (Wildman–Crippen MR) is 126 cm³/mol. The summed E-state index contributed by atoms with van der Waals surface area (Å²) in [6.45, 7) is 1.99. The number of hydrogen-bond acceptors (Lipinski definition) is 5. The molecule has 2 aromatic carbocycles. The molecule has 0 saturated carbocycles. The molecular formula is C25H28ClF2NO3S. The lowest BCUT2D eigenvalue weighted by Crippen LogP contribution is -2.59. The van der Waals surface area contributed by atoms with Crippen LogP contribution in [-0.2, 0) is 21.3 Å². The minimum atomic E-state index is -0.613. The van der Waals surface area contributed by atoms with E-state index in [1.54, 1.807) is 11.8 Å². The van der Waals surface area contributed by atoms with E-state index in [-0.39, 0.29) is 23.3 Å². The summed E-state index contributed by atoms with van der Waals surface area (Å²) in [5, 5.41) is 0.647. The van der Waals surface area contributed by atoms with Crippen LogP contribution in [-0.4, -0.2) is 49.6 Å². The minimum Gasteiger partial charge on any atom is -0.490 e. The lowest BCUT2D eigenvalue weighted by atomic mass is 9.60. The maximum Gasteiger partial charge on any atom is 0.165 e. The minimum absolute atomic E-state index is 0.0466. The van der Waals surface area contributed by atoms with Gasteiger partial charge in [0.1, 0.15) is 5.82 Å². The third-order valence-electron chi connectivity index (χ3n) is 7.15. The second kappa shape index (κ2) is 9.34. The summed E-state index contributed by atoms with van der Waals surface area (Å²) in [5.74, 6) is 0.718. The van der Waals surface area contributed by atoms with Crippen molar-refractivity contribution in [1.29, 1.82) is 0 Å². The van der Waals surface area contributed by atoms with Crippen molar-refractivity contribution in [2.45, 2.75) is 36.3 Å². The molecule has 0 radical (unpaired) electrons. The van der Waals surface area contributed by atoms with E-state index in [4.69, 9.17) is 31.5 Å². The van der Waals surface area contributed by atoms with Crippen molar-refractivity contribution in [3.8, 4) is 5.75 Å². The van der Waals surface area contributed by atoms with Gasteiger partial charge in [-0.1, -0.05) is 23.7 Å². The monoisotopic (exact) mass is 495 g/mol. The highest BCUT2D eigenvalue weighted by atomic mass is 35.5. The van der Waals surface area contributed by atoms with Crippen LogP contribution in [0.1, 0.15) is 24.0 Å². The Hall–Kier alpha value is -1.38. The van der Waals surface area contributed by atoms with Crippen molar-refractivity contribution in [2.24, 2.45) is 11.7 Å². The lowest BCUT2D eigenvalue weighted by molar-refractivity contribution is -0.0962. The van der Waals surface area contributed by atoms with Crippen LogP contribution in [0.2, 0.25) is 5.02 Å². The van der Waals surface area contributed by atoms with Crippen LogP contribution >= 0.6 is 23.4 Å². The standard InChI is InChI=1S/C25H28ClF2NO3S/c26-17-3-1-16(2-4-17)11-25-8-9-31-21(7-10-33-15-24(29)13-30-14-24)18(25)12-32-23-20(28)6-5-19(27)22(23)25/h1-6,18,21H,7-15,29H2/t18-,21-,25-/m0/s1. The molecule has 0 spiro atoms. The van der Waals surface area contributed by atoms with Gasteiger partial charge in [0.2, 0.25) is 0 Å². The molecular weight excluding hydrogens is 468 g/mol. The number of nitrogens with two attached hydrogens (primary N) is 1. The molecule has 3 aliphatic heterocycles. The first-order valence-electron chi connectivity index (χ1n) is 11.3. The summed E-state index contributed by atoms with van der Waals surface area (Å²) in [6, 6.07) is 9.95. The van der Waals surface area contributed by atoms with Crippen LogP contribution in [0, 0.1) is 17.6 Å². The molecule has 0 amide bonds. The van der Waals surface area contributed by atoms with Crippen LogP contribution in [0.4, 0.5) is 8.78 Å². The Balaban J connectivity index is 1.43. The van der Waals surface area contributed by atoms with Gasteiger partial charge < -0.3 is 19.9 Å². The highest BCUT2D eigenvalue weighted by Gasteiger charge is 2.53. The molecule has 5 rings (SSSR count). The second-order valence-corrected chi connectivity index (χ2v) is 11.0. The lowest BCUT2D eigenvalue weighted by Gasteiger charge is -2.51. The number of rotatable bonds is 7. The second-order valence-electron chi connectivity index (χ2n) is 9.47. The van der Waals surface area contributed by atoms with E-state index in [2.05, 4.69) is 0 Å². The van der Waals surface area contributed by atoms with Gasteiger partial charge in [-0.3, -0.25) is 0 Å². The summed E-state index contributed by atoms with van der Waals surface area (Å²) < 4.78 is 47.3. The van der Waals surface area contributed by atoms with E-state index in [1.165, 1.54) is 6.07 Å². The van der Waals surface area contributed by atoms with E-state index in [1.807, 2.05) is 24.3 Å². The van der Waals surface area contributed by atoms with Crippen LogP contribution in [0.5, 0.6) is 5.75 Å². The Labute approximate surface area is 202 Å². The molecule has 4 nitrogen and oxygen atoms in total. The van der Waals surface area contributed by atoms with Crippen LogP contribution in [0.25, 0.3) is 0 Å². The van der Waals surface area contributed by atoms with E-state index >= 15 is 4.39 Å². The molecule has 33 heavy (non-hydrogen) atoms. The highest BCUT2D eigenvalue weighted by molar-refractivity contribution is 7.99. The Morgan fingerprint density at radius 2 is 1.85 bits per heavy atom. The molecule has 8 heteroatoms. The first-order valence-corrected chi connectivity index (χ1v) is 12.9. The van der Waals surface area contributed by atoms with Gasteiger partial charge in [-0.25, -0.2) is 8.78 Å². The Morgan fingerprint density at radius 3 is 2.58 bits per heavy atom. The van der Waals surface area contributed by atoms with E-state index in [0.717, 1.165) is 29.6 Å². The first-order chi connectivity index (χ1) is 15.9. The maximum absolute atomic E-state index is 15.3. The molecule has 3 heterocycles. The van der Waals surface area contributed by atoms with Crippen molar-refractivity contribution in [3.05, 3.63) is 64.2 Å². The molecule has 2 saturated heterocycles. The molecule has 178 valence electrons. The topological polar surface area (TPSA) is 53.7 Å². The third kappa shape index (κ3) is 4.50. The van der Waals surface area contributed by atoms with Gasteiger partial charge in [-0.05, 0) is 54.8 Å². The maximum atomic E-state index is 15.3. The number of hydrogen-bond donors (Lipinski definition) is 1. The SMILES string of the molecule is NC1(CSCC[C@@H]2OCC[C@@]3(Cc4ccc(Cl)cc4)c4c(F)ccc(F)c4OC[C@@H]23)COC1. The third-order valence-corrected chi connectivity index (χ3v) is 8.71. The molecule has 2 aromatic rings. The zero-order chi connectivity index (χ0) is 23.1. The van der Waals surface area contributed by atoms with Gasteiger partial charge in [0, 0.05) is 34.3 Å². The normalized spacial score (nSPS) is 27.8. The largest absolute Gasteiger partial charge is 0.490 e. The fourth-order valence-electron chi connectivity index (χ4n) is 5.42. The Bertz CT molecular complexity index is 1000. The van der Waals surface area contributed by atoms with Crippen molar-refractivity contribution < 1.29 is 23.0 Å². The average Bonchev–Trinajstić information content (AvgIpc) is 2.79. The number of benzene rings is 2. The smallest absolute Gasteiger partial charge is 0.165 e. The Kier molecular flexibility index (Phi) is 6.62. The van der Waals surface area contributed by atoms with Crippen LogP contribution in [0.15, 0.2) is 36.4 Å². The molecule has 2 fully saturated rings. The molecule has 3 aliphatic rings. The van der Waals surface area contributed by atoms with Crippen LogP contribution < -0.4 is 10.5 Å². The summed E-state index contributed by atoms with van der Waals surface area (Å²) in [5.41, 5.74) is 6.78. The molecule has 0 aromatic heterocycles. The summed E-state index contributed by atoms with van der Waals surface area (Å²) in [7, 11) is 0. The number of halogens is 3. The van der Waals surface area contributed by atoms with Crippen molar-refractivity contribution in [2.75, 3.05) is 37.9 Å². The summed E-state index contributed by atoms with van der Waals surface area (Å²) in [4.78, 5) is 0. The van der Waals surface area contributed by atoms with E-state index in [0.29, 0.717) is 49.9 Å². The zero-order valence-corrected chi connectivity index (χ0v) is 19.9. The zero-order valence-electron chi connectivity index (χ0n) is 18.3. The van der Waals surface area contributed by atoms with Crippen molar-refractivity contribution in [3.63, 3.8) is 0 Å².